The lowest BCUT2D eigenvalue weighted by Gasteiger charge is -2.22. The molecule has 1 saturated heterocycles. The minimum Gasteiger partial charge on any atom is -0.363 e. The van der Waals surface area contributed by atoms with Crippen LogP contribution in [-0.2, 0) is 16.4 Å². The molecule has 2 aromatic heterocycles. The van der Waals surface area contributed by atoms with Gasteiger partial charge < -0.3 is 10.2 Å². The third kappa shape index (κ3) is 3.92. The molecule has 3 heterocycles. The van der Waals surface area contributed by atoms with Gasteiger partial charge in [-0.15, -0.1) is 5.10 Å². The maximum atomic E-state index is 11.6. The van der Waals surface area contributed by atoms with Crippen molar-refractivity contribution in [2.45, 2.75) is 19.0 Å². The van der Waals surface area contributed by atoms with Crippen LogP contribution in [0.1, 0.15) is 12.1 Å². The molecule has 1 fully saturated rings. The van der Waals surface area contributed by atoms with E-state index in [1.807, 2.05) is 18.2 Å². The number of pyridine rings is 1. The predicted octanol–water partition coefficient (Wildman–Crippen LogP) is 0.502. The highest BCUT2D eigenvalue weighted by atomic mass is 32.2. The summed E-state index contributed by atoms with van der Waals surface area (Å²) in [5.41, 5.74) is 0.892. The van der Waals surface area contributed by atoms with E-state index < -0.39 is 9.84 Å². The van der Waals surface area contributed by atoms with Gasteiger partial charge in [-0.3, -0.25) is 4.98 Å². The molecule has 1 unspecified atom stereocenters. The van der Waals surface area contributed by atoms with Crippen LogP contribution in [0, 0.1) is 0 Å². The van der Waals surface area contributed by atoms with Crippen molar-refractivity contribution in [2.75, 3.05) is 28.8 Å². The van der Waals surface area contributed by atoms with E-state index in [2.05, 4.69) is 25.5 Å². The Morgan fingerprint density at radius 2 is 2.26 bits per heavy atom. The lowest BCUT2D eigenvalue weighted by atomic mass is 10.2. The summed E-state index contributed by atoms with van der Waals surface area (Å²) in [7, 11) is -1.15. The molecule has 1 aliphatic heterocycles. The lowest BCUT2D eigenvalue weighted by Crippen LogP contribution is -2.34. The highest BCUT2D eigenvalue weighted by molar-refractivity contribution is 7.91. The maximum Gasteiger partial charge on any atom is 0.247 e. The quantitative estimate of drug-likeness (QED) is 0.844. The van der Waals surface area contributed by atoms with E-state index in [0.29, 0.717) is 24.7 Å². The first kappa shape index (κ1) is 15.6. The molecule has 9 heteroatoms. The van der Waals surface area contributed by atoms with Crippen LogP contribution in [0.25, 0.3) is 0 Å². The van der Waals surface area contributed by atoms with Crippen LogP contribution in [0.3, 0.4) is 0 Å². The van der Waals surface area contributed by atoms with Crippen LogP contribution in [-0.4, -0.2) is 53.2 Å². The van der Waals surface area contributed by atoms with Crippen molar-refractivity contribution in [1.29, 1.82) is 0 Å². The minimum absolute atomic E-state index is 0.104. The number of sulfone groups is 1. The van der Waals surface area contributed by atoms with E-state index >= 15 is 0 Å². The van der Waals surface area contributed by atoms with Gasteiger partial charge in [0.1, 0.15) is 0 Å². The first-order valence-corrected chi connectivity index (χ1v) is 9.12. The zero-order valence-electron chi connectivity index (χ0n) is 12.8. The number of hydrogen-bond acceptors (Lipinski definition) is 8. The highest BCUT2D eigenvalue weighted by Gasteiger charge is 2.31. The molecule has 122 valence electrons. The zero-order chi connectivity index (χ0) is 16.3. The van der Waals surface area contributed by atoms with Crippen molar-refractivity contribution in [2.24, 2.45) is 0 Å². The Morgan fingerprint density at radius 3 is 2.96 bits per heavy atom. The second kappa shape index (κ2) is 6.45. The van der Waals surface area contributed by atoms with E-state index in [1.165, 1.54) is 6.20 Å². The topological polar surface area (TPSA) is 101 Å². The van der Waals surface area contributed by atoms with Crippen LogP contribution >= 0.6 is 0 Å². The van der Waals surface area contributed by atoms with E-state index in [9.17, 15) is 8.42 Å². The van der Waals surface area contributed by atoms with Crippen LogP contribution < -0.4 is 10.2 Å². The van der Waals surface area contributed by atoms with E-state index in [0.717, 1.165) is 5.69 Å². The summed E-state index contributed by atoms with van der Waals surface area (Å²) in [5, 5.41) is 11.1. The molecule has 23 heavy (non-hydrogen) atoms. The van der Waals surface area contributed by atoms with Gasteiger partial charge in [0.15, 0.2) is 15.7 Å². The van der Waals surface area contributed by atoms with Gasteiger partial charge in [-0.25, -0.2) is 8.42 Å². The summed E-state index contributed by atoms with van der Waals surface area (Å²) in [6.07, 6.45) is 3.86. The molecule has 0 aliphatic carbocycles. The third-order valence-electron chi connectivity index (χ3n) is 3.80. The first-order valence-electron chi connectivity index (χ1n) is 7.30. The standard InChI is InChI=1S/C14H18N6O2S/c1-20(12-5-7-23(21,22)10-12)14-18-13(9-17-19-14)16-8-11-4-2-3-6-15-11/h2-4,6,9,12H,5,7-8,10H2,1H3,(H,16,18,19). The molecular formula is C14H18N6O2S. The Hall–Kier alpha value is -2.29. The van der Waals surface area contributed by atoms with Gasteiger partial charge >= 0.3 is 0 Å². The molecule has 1 aliphatic rings. The Morgan fingerprint density at radius 1 is 1.39 bits per heavy atom. The molecule has 0 saturated carbocycles. The third-order valence-corrected chi connectivity index (χ3v) is 5.55. The molecule has 8 nitrogen and oxygen atoms in total. The van der Waals surface area contributed by atoms with Gasteiger partial charge in [0.2, 0.25) is 5.95 Å². The number of aromatic nitrogens is 4. The largest absolute Gasteiger partial charge is 0.363 e. The lowest BCUT2D eigenvalue weighted by molar-refractivity contribution is 0.600. The van der Waals surface area contributed by atoms with Crippen molar-refractivity contribution in [3.05, 3.63) is 36.3 Å². The molecule has 0 radical (unpaired) electrons. The number of rotatable bonds is 5. The second-order valence-corrected chi connectivity index (χ2v) is 7.71. The summed E-state index contributed by atoms with van der Waals surface area (Å²) in [4.78, 5) is 10.4. The average molecular weight is 334 g/mol. The van der Waals surface area contributed by atoms with Gasteiger partial charge in [-0.05, 0) is 18.6 Å². The molecule has 0 bridgehead atoms. The smallest absolute Gasteiger partial charge is 0.247 e. The normalized spacial score (nSPS) is 19.4. The SMILES string of the molecule is CN(c1nncc(NCc2ccccn2)n1)C1CCS(=O)(=O)C1. The monoisotopic (exact) mass is 334 g/mol. The average Bonchev–Trinajstić information content (AvgIpc) is 2.93. The first-order chi connectivity index (χ1) is 11.0. The van der Waals surface area contributed by atoms with Crippen molar-refractivity contribution in [1.82, 2.24) is 20.2 Å². The number of nitrogens with zero attached hydrogens (tertiary/aromatic N) is 5. The fourth-order valence-electron chi connectivity index (χ4n) is 2.46. The van der Waals surface area contributed by atoms with Crippen LogP contribution in [0.15, 0.2) is 30.6 Å². The highest BCUT2D eigenvalue weighted by Crippen LogP contribution is 2.20. The Balaban J connectivity index is 1.67. The molecular weight excluding hydrogens is 316 g/mol. The molecule has 0 amide bonds. The predicted molar refractivity (Wildman–Crippen MR) is 86.9 cm³/mol. The molecule has 0 aromatic carbocycles. The molecule has 2 aromatic rings. The van der Waals surface area contributed by atoms with Crippen molar-refractivity contribution in [3.8, 4) is 0 Å². The van der Waals surface area contributed by atoms with Crippen molar-refractivity contribution < 1.29 is 8.42 Å². The van der Waals surface area contributed by atoms with Gasteiger partial charge in [0.25, 0.3) is 0 Å². The molecule has 0 spiro atoms. The van der Waals surface area contributed by atoms with Gasteiger partial charge in [0, 0.05) is 19.3 Å². The Labute approximate surface area is 134 Å². The Bertz CT molecular complexity index is 768. The molecule has 3 rings (SSSR count). The molecule has 1 N–H and O–H groups in total. The number of hydrogen-bond donors (Lipinski definition) is 1. The van der Waals surface area contributed by atoms with Gasteiger partial charge in [-0.1, -0.05) is 6.07 Å². The van der Waals surface area contributed by atoms with Gasteiger partial charge in [0.05, 0.1) is 29.9 Å². The van der Waals surface area contributed by atoms with Crippen molar-refractivity contribution >= 4 is 21.6 Å². The fraction of sp³-hybridized carbons (Fsp3) is 0.429. The summed E-state index contributed by atoms with van der Waals surface area (Å²) >= 11 is 0. The number of nitrogens with one attached hydrogen (secondary N) is 1. The van der Waals surface area contributed by atoms with Gasteiger partial charge in [-0.2, -0.15) is 10.1 Å². The van der Waals surface area contributed by atoms with Crippen LogP contribution in [0.5, 0.6) is 0 Å². The van der Waals surface area contributed by atoms with Crippen molar-refractivity contribution in [3.63, 3.8) is 0 Å². The molecule has 1 atom stereocenters. The Kier molecular flexibility index (Phi) is 4.37. The summed E-state index contributed by atoms with van der Waals surface area (Å²) in [6, 6.07) is 5.59. The minimum atomic E-state index is -2.95. The maximum absolute atomic E-state index is 11.6. The van der Waals surface area contributed by atoms with Crippen LogP contribution in [0.4, 0.5) is 11.8 Å². The second-order valence-electron chi connectivity index (χ2n) is 5.48. The van der Waals surface area contributed by atoms with E-state index in [1.54, 1.807) is 18.1 Å². The summed E-state index contributed by atoms with van der Waals surface area (Å²) in [5.74, 6) is 1.34. The van der Waals surface area contributed by atoms with E-state index in [4.69, 9.17) is 0 Å². The summed E-state index contributed by atoms with van der Waals surface area (Å²) < 4.78 is 23.2. The van der Waals surface area contributed by atoms with E-state index in [-0.39, 0.29) is 17.5 Å². The van der Waals surface area contributed by atoms with Crippen LogP contribution in [0.2, 0.25) is 0 Å². The number of anilines is 2. The zero-order valence-corrected chi connectivity index (χ0v) is 13.6. The fourth-order valence-corrected chi connectivity index (χ4v) is 4.23. The summed E-state index contributed by atoms with van der Waals surface area (Å²) in [6.45, 7) is 0.528.